The molecule has 0 saturated heterocycles. The predicted octanol–water partition coefficient (Wildman–Crippen LogP) is 2.24. The van der Waals surface area contributed by atoms with Crippen LogP contribution in [0.5, 0.6) is 0 Å². The SMILES string of the molecule is CC(N(C)c1cnccc1C(=N)N)C(C)(C)C. The van der Waals surface area contributed by atoms with Crippen molar-refractivity contribution < 1.29 is 0 Å². The van der Waals surface area contributed by atoms with Crippen molar-refractivity contribution in [2.24, 2.45) is 11.1 Å². The second kappa shape index (κ2) is 4.73. The first kappa shape index (κ1) is 13.5. The molecule has 0 bridgehead atoms. The number of anilines is 1. The van der Waals surface area contributed by atoms with E-state index in [0.29, 0.717) is 6.04 Å². The molecule has 0 radical (unpaired) electrons. The lowest BCUT2D eigenvalue weighted by molar-refractivity contribution is 0.329. The molecule has 17 heavy (non-hydrogen) atoms. The highest BCUT2D eigenvalue weighted by molar-refractivity contribution is 6.00. The molecular formula is C13H22N4. The average molecular weight is 234 g/mol. The van der Waals surface area contributed by atoms with Crippen molar-refractivity contribution in [2.75, 3.05) is 11.9 Å². The highest BCUT2D eigenvalue weighted by Gasteiger charge is 2.25. The third-order valence-corrected chi connectivity index (χ3v) is 3.30. The Morgan fingerprint density at radius 2 is 2.06 bits per heavy atom. The van der Waals surface area contributed by atoms with Gasteiger partial charge in [-0.15, -0.1) is 0 Å². The van der Waals surface area contributed by atoms with Crippen LogP contribution in [-0.4, -0.2) is 23.9 Å². The molecule has 1 aromatic heterocycles. The molecule has 1 atom stereocenters. The molecule has 1 unspecified atom stereocenters. The maximum absolute atomic E-state index is 7.59. The van der Waals surface area contributed by atoms with E-state index in [9.17, 15) is 0 Å². The number of hydrogen-bond acceptors (Lipinski definition) is 3. The van der Waals surface area contributed by atoms with Gasteiger partial charge in [-0.25, -0.2) is 0 Å². The summed E-state index contributed by atoms with van der Waals surface area (Å²) in [5.74, 6) is 0.0790. The summed E-state index contributed by atoms with van der Waals surface area (Å²) in [4.78, 5) is 6.25. The van der Waals surface area contributed by atoms with Crippen molar-refractivity contribution in [1.29, 1.82) is 5.41 Å². The largest absolute Gasteiger partial charge is 0.384 e. The molecule has 1 heterocycles. The van der Waals surface area contributed by atoms with Gasteiger partial charge >= 0.3 is 0 Å². The zero-order valence-corrected chi connectivity index (χ0v) is 11.3. The molecule has 4 nitrogen and oxygen atoms in total. The van der Waals surface area contributed by atoms with Crippen LogP contribution in [0, 0.1) is 10.8 Å². The molecule has 4 heteroatoms. The number of aromatic nitrogens is 1. The Labute approximate surface area is 103 Å². The Balaban J connectivity index is 3.12. The van der Waals surface area contributed by atoms with Gasteiger partial charge in [0.25, 0.3) is 0 Å². The van der Waals surface area contributed by atoms with Crippen molar-refractivity contribution in [2.45, 2.75) is 33.7 Å². The molecule has 0 saturated carbocycles. The number of nitrogen functional groups attached to an aromatic ring is 1. The fourth-order valence-corrected chi connectivity index (χ4v) is 1.68. The summed E-state index contributed by atoms with van der Waals surface area (Å²) >= 11 is 0. The lowest BCUT2D eigenvalue weighted by atomic mass is 9.87. The zero-order chi connectivity index (χ0) is 13.2. The van der Waals surface area contributed by atoms with Gasteiger partial charge in [0.1, 0.15) is 5.84 Å². The number of nitrogens with zero attached hydrogens (tertiary/aromatic N) is 2. The molecule has 1 rings (SSSR count). The van der Waals surface area contributed by atoms with E-state index in [1.165, 1.54) is 0 Å². The lowest BCUT2D eigenvalue weighted by Crippen LogP contribution is -2.40. The lowest BCUT2D eigenvalue weighted by Gasteiger charge is -2.37. The molecule has 0 fully saturated rings. The van der Waals surface area contributed by atoms with E-state index in [4.69, 9.17) is 11.1 Å². The quantitative estimate of drug-likeness (QED) is 0.622. The van der Waals surface area contributed by atoms with E-state index in [1.54, 1.807) is 18.5 Å². The maximum Gasteiger partial charge on any atom is 0.125 e. The van der Waals surface area contributed by atoms with Crippen molar-refractivity contribution in [3.05, 3.63) is 24.0 Å². The van der Waals surface area contributed by atoms with Gasteiger partial charge in [0.2, 0.25) is 0 Å². The summed E-state index contributed by atoms with van der Waals surface area (Å²) in [7, 11) is 2.01. The summed E-state index contributed by atoms with van der Waals surface area (Å²) in [6.07, 6.45) is 3.43. The Kier molecular flexibility index (Phi) is 3.76. The molecule has 0 aliphatic rings. The summed E-state index contributed by atoms with van der Waals surface area (Å²) < 4.78 is 0. The van der Waals surface area contributed by atoms with E-state index in [-0.39, 0.29) is 11.3 Å². The third-order valence-electron chi connectivity index (χ3n) is 3.30. The predicted molar refractivity (Wildman–Crippen MR) is 72.6 cm³/mol. The highest BCUT2D eigenvalue weighted by atomic mass is 15.1. The van der Waals surface area contributed by atoms with Gasteiger partial charge in [0.05, 0.1) is 11.9 Å². The summed E-state index contributed by atoms with van der Waals surface area (Å²) in [5.41, 5.74) is 7.38. The normalized spacial score (nSPS) is 13.2. The molecule has 0 aliphatic heterocycles. The van der Waals surface area contributed by atoms with Gasteiger partial charge in [0, 0.05) is 24.8 Å². The Hall–Kier alpha value is -1.58. The van der Waals surface area contributed by atoms with Crippen LogP contribution in [0.4, 0.5) is 5.69 Å². The van der Waals surface area contributed by atoms with Crippen LogP contribution in [0.2, 0.25) is 0 Å². The Bertz CT molecular complexity index is 406. The third kappa shape index (κ3) is 2.96. The molecule has 0 amide bonds. The van der Waals surface area contributed by atoms with Crippen LogP contribution >= 0.6 is 0 Å². The minimum atomic E-state index is 0.0790. The molecule has 0 aliphatic carbocycles. The standard InChI is InChI=1S/C13H22N4/c1-9(13(2,3)4)17(5)11-8-16-7-6-10(11)12(14)15/h6-9H,1-5H3,(H3,14,15). The van der Waals surface area contributed by atoms with Crippen LogP contribution < -0.4 is 10.6 Å². The number of pyridine rings is 1. The van der Waals surface area contributed by atoms with Crippen molar-refractivity contribution in [3.8, 4) is 0 Å². The van der Waals surface area contributed by atoms with E-state index < -0.39 is 0 Å². The van der Waals surface area contributed by atoms with Gasteiger partial charge in [-0.2, -0.15) is 0 Å². The van der Waals surface area contributed by atoms with Crippen LogP contribution in [0.3, 0.4) is 0 Å². The minimum absolute atomic E-state index is 0.0790. The van der Waals surface area contributed by atoms with Crippen LogP contribution in [0.15, 0.2) is 18.5 Å². The second-order valence-corrected chi connectivity index (χ2v) is 5.46. The minimum Gasteiger partial charge on any atom is -0.384 e. The van der Waals surface area contributed by atoms with Crippen LogP contribution in [0.1, 0.15) is 33.3 Å². The fourth-order valence-electron chi connectivity index (χ4n) is 1.68. The number of amidine groups is 1. The Morgan fingerprint density at radius 1 is 1.47 bits per heavy atom. The molecule has 94 valence electrons. The Morgan fingerprint density at radius 3 is 2.53 bits per heavy atom. The van der Waals surface area contributed by atoms with E-state index in [2.05, 4.69) is 37.6 Å². The molecule has 1 aromatic rings. The first-order valence-corrected chi connectivity index (χ1v) is 5.76. The van der Waals surface area contributed by atoms with Crippen molar-refractivity contribution in [1.82, 2.24) is 4.98 Å². The molecular weight excluding hydrogens is 212 g/mol. The number of nitrogens with one attached hydrogen (secondary N) is 1. The van der Waals surface area contributed by atoms with Gasteiger partial charge in [-0.1, -0.05) is 20.8 Å². The summed E-state index contributed by atoms with van der Waals surface area (Å²) in [6, 6.07) is 2.11. The smallest absolute Gasteiger partial charge is 0.125 e. The average Bonchev–Trinajstić information content (AvgIpc) is 2.25. The van der Waals surface area contributed by atoms with Crippen LogP contribution in [0.25, 0.3) is 0 Å². The monoisotopic (exact) mass is 234 g/mol. The molecule has 0 spiro atoms. The van der Waals surface area contributed by atoms with Gasteiger partial charge in [0.15, 0.2) is 0 Å². The highest BCUT2D eigenvalue weighted by Crippen LogP contribution is 2.28. The first-order chi connectivity index (χ1) is 7.75. The second-order valence-electron chi connectivity index (χ2n) is 5.46. The molecule has 3 N–H and O–H groups in total. The van der Waals surface area contributed by atoms with Gasteiger partial charge in [-0.05, 0) is 18.4 Å². The first-order valence-electron chi connectivity index (χ1n) is 5.76. The number of nitrogens with two attached hydrogens (primary N) is 1. The zero-order valence-electron chi connectivity index (χ0n) is 11.3. The molecule has 0 aromatic carbocycles. The van der Waals surface area contributed by atoms with Crippen molar-refractivity contribution in [3.63, 3.8) is 0 Å². The van der Waals surface area contributed by atoms with E-state index >= 15 is 0 Å². The summed E-state index contributed by atoms with van der Waals surface area (Å²) in [6.45, 7) is 8.74. The van der Waals surface area contributed by atoms with E-state index in [0.717, 1.165) is 11.3 Å². The summed E-state index contributed by atoms with van der Waals surface area (Å²) in [5, 5.41) is 7.59. The fraction of sp³-hybridized carbons (Fsp3) is 0.538. The maximum atomic E-state index is 7.59. The number of hydrogen-bond donors (Lipinski definition) is 2. The van der Waals surface area contributed by atoms with Crippen LogP contribution in [-0.2, 0) is 0 Å². The van der Waals surface area contributed by atoms with Gasteiger partial charge < -0.3 is 10.6 Å². The van der Waals surface area contributed by atoms with E-state index in [1.807, 2.05) is 7.05 Å². The topological polar surface area (TPSA) is 66.0 Å². The van der Waals surface area contributed by atoms with Crippen molar-refractivity contribution >= 4 is 11.5 Å². The number of rotatable bonds is 3. The van der Waals surface area contributed by atoms with Gasteiger partial charge in [-0.3, -0.25) is 10.4 Å².